The van der Waals surface area contributed by atoms with Crippen molar-refractivity contribution in [2.24, 2.45) is 5.92 Å². The first kappa shape index (κ1) is 16.0. The fourth-order valence-electron chi connectivity index (χ4n) is 3.87. The van der Waals surface area contributed by atoms with E-state index in [1.165, 1.54) is 10.8 Å². The second-order valence-corrected chi connectivity index (χ2v) is 7.16. The van der Waals surface area contributed by atoms with Crippen LogP contribution in [0, 0.1) is 5.92 Å². The number of hydrogen-bond acceptors (Lipinski definition) is 4. The number of imidazole rings is 1. The SMILES string of the molecule is c1ccc2cc(-c3ccnc(N4CCC(Cn5ccnc5)C4)n3)ccc2c1. The van der Waals surface area contributed by atoms with Crippen LogP contribution in [0.15, 0.2) is 73.4 Å². The summed E-state index contributed by atoms with van der Waals surface area (Å²) in [7, 11) is 0. The molecule has 3 heterocycles. The van der Waals surface area contributed by atoms with Crippen LogP contribution in [0.1, 0.15) is 6.42 Å². The van der Waals surface area contributed by atoms with Gasteiger partial charge in [-0.25, -0.2) is 15.0 Å². The number of anilines is 1. The lowest BCUT2D eigenvalue weighted by atomic mass is 10.1. The highest BCUT2D eigenvalue weighted by Crippen LogP contribution is 2.26. The van der Waals surface area contributed by atoms with Gasteiger partial charge in [0.25, 0.3) is 0 Å². The van der Waals surface area contributed by atoms with Crippen molar-refractivity contribution in [2.45, 2.75) is 13.0 Å². The molecule has 0 radical (unpaired) electrons. The molecule has 0 aliphatic carbocycles. The maximum Gasteiger partial charge on any atom is 0.225 e. The van der Waals surface area contributed by atoms with Gasteiger partial charge >= 0.3 is 0 Å². The summed E-state index contributed by atoms with van der Waals surface area (Å²) in [5, 5.41) is 2.48. The molecule has 0 spiro atoms. The highest BCUT2D eigenvalue weighted by atomic mass is 15.3. The van der Waals surface area contributed by atoms with Crippen LogP contribution in [0.3, 0.4) is 0 Å². The Kier molecular flexibility index (Phi) is 4.05. The predicted molar refractivity (Wildman–Crippen MR) is 108 cm³/mol. The molecule has 0 saturated carbocycles. The average Bonchev–Trinajstić information content (AvgIpc) is 3.40. The largest absolute Gasteiger partial charge is 0.340 e. The summed E-state index contributed by atoms with van der Waals surface area (Å²) in [6.07, 6.45) is 8.78. The van der Waals surface area contributed by atoms with E-state index in [4.69, 9.17) is 4.98 Å². The summed E-state index contributed by atoms with van der Waals surface area (Å²) in [5.41, 5.74) is 2.11. The topological polar surface area (TPSA) is 46.8 Å². The molecule has 0 bridgehead atoms. The van der Waals surface area contributed by atoms with Crippen molar-refractivity contribution in [3.05, 3.63) is 73.4 Å². The van der Waals surface area contributed by atoms with Gasteiger partial charge in [0.2, 0.25) is 5.95 Å². The van der Waals surface area contributed by atoms with Gasteiger partial charge in [-0.15, -0.1) is 0 Å². The Morgan fingerprint density at radius 3 is 2.81 bits per heavy atom. The molecule has 5 nitrogen and oxygen atoms in total. The summed E-state index contributed by atoms with van der Waals surface area (Å²) in [4.78, 5) is 15.8. The second kappa shape index (κ2) is 6.83. The number of aromatic nitrogens is 4. The Balaban J connectivity index is 1.37. The van der Waals surface area contributed by atoms with Gasteiger partial charge < -0.3 is 9.47 Å². The molecule has 1 aliphatic heterocycles. The van der Waals surface area contributed by atoms with Crippen molar-refractivity contribution in [2.75, 3.05) is 18.0 Å². The van der Waals surface area contributed by atoms with Gasteiger partial charge in [-0.1, -0.05) is 36.4 Å². The lowest BCUT2D eigenvalue weighted by Gasteiger charge is -2.17. The first-order chi connectivity index (χ1) is 13.3. The van der Waals surface area contributed by atoms with Crippen molar-refractivity contribution in [1.29, 1.82) is 0 Å². The summed E-state index contributed by atoms with van der Waals surface area (Å²) in [6.45, 7) is 2.99. The second-order valence-electron chi connectivity index (χ2n) is 7.16. The van der Waals surface area contributed by atoms with Crippen LogP contribution >= 0.6 is 0 Å². The van der Waals surface area contributed by atoms with Crippen LogP contribution in [-0.4, -0.2) is 32.6 Å². The van der Waals surface area contributed by atoms with Crippen molar-refractivity contribution < 1.29 is 0 Å². The van der Waals surface area contributed by atoms with Crippen LogP contribution < -0.4 is 4.90 Å². The molecular weight excluding hydrogens is 334 g/mol. The van der Waals surface area contributed by atoms with E-state index in [1.54, 1.807) is 0 Å². The number of nitrogens with zero attached hydrogens (tertiary/aromatic N) is 5. The zero-order valence-electron chi connectivity index (χ0n) is 15.1. The highest BCUT2D eigenvalue weighted by molar-refractivity contribution is 5.86. The monoisotopic (exact) mass is 355 g/mol. The Bertz CT molecular complexity index is 1060. The van der Waals surface area contributed by atoms with Crippen LogP contribution in [0.25, 0.3) is 22.0 Å². The van der Waals surface area contributed by atoms with Gasteiger partial charge in [0.05, 0.1) is 12.0 Å². The number of hydrogen-bond donors (Lipinski definition) is 0. The molecule has 0 amide bonds. The lowest BCUT2D eigenvalue weighted by molar-refractivity contribution is 0.485. The van der Waals surface area contributed by atoms with Crippen molar-refractivity contribution >= 4 is 16.7 Å². The van der Waals surface area contributed by atoms with Gasteiger partial charge in [0.1, 0.15) is 0 Å². The summed E-state index contributed by atoms with van der Waals surface area (Å²) in [6, 6.07) is 16.9. The molecule has 0 N–H and O–H groups in total. The first-order valence-corrected chi connectivity index (χ1v) is 9.38. The number of rotatable bonds is 4. The summed E-state index contributed by atoms with van der Waals surface area (Å²) >= 11 is 0. The average molecular weight is 355 g/mol. The standard InChI is InChI=1S/C22H21N5/c1-2-4-19-13-20(6-5-18(19)3-1)21-7-9-24-22(25-21)27-11-8-17(15-27)14-26-12-10-23-16-26/h1-7,9-10,12-13,16-17H,8,11,14-15H2. The molecule has 27 heavy (non-hydrogen) atoms. The van der Waals surface area contributed by atoms with Crippen molar-refractivity contribution in [3.8, 4) is 11.3 Å². The molecule has 5 heteroatoms. The van der Waals surface area contributed by atoms with E-state index in [2.05, 4.69) is 61.9 Å². The van der Waals surface area contributed by atoms with Crippen LogP contribution in [0.4, 0.5) is 5.95 Å². The van der Waals surface area contributed by atoms with Crippen LogP contribution in [-0.2, 0) is 6.54 Å². The van der Waals surface area contributed by atoms with E-state index >= 15 is 0 Å². The van der Waals surface area contributed by atoms with Crippen LogP contribution in [0.5, 0.6) is 0 Å². The van der Waals surface area contributed by atoms with E-state index < -0.39 is 0 Å². The molecule has 2 aromatic heterocycles. The maximum absolute atomic E-state index is 4.86. The molecule has 5 rings (SSSR count). The molecule has 1 saturated heterocycles. The van der Waals surface area contributed by atoms with Gasteiger partial charge in [-0.2, -0.15) is 0 Å². The van der Waals surface area contributed by atoms with E-state index in [1.807, 2.05) is 31.0 Å². The quantitative estimate of drug-likeness (QED) is 0.555. The smallest absolute Gasteiger partial charge is 0.225 e. The maximum atomic E-state index is 4.86. The minimum Gasteiger partial charge on any atom is -0.340 e. The van der Waals surface area contributed by atoms with Gasteiger partial charge in [0, 0.05) is 43.8 Å². The molecule has 1 unspecified atom stereocenters. The third kappa shape index (κ3) is 3.28. The van der Waals surface area contributed by atoms with Crippen molar-refractivity contribution in [1.82, 2.24) is 19.5 Å². The van der Waals surface area contributed by atoms with E-state index in [0.29, 0.717) is 5.92 Å². The zero-order chi connectivity index (χ0) is 18.1. The number of benzene rings is 2. The minimum atomic E-state index is 0.604. The van der Waals surface area contributed by atoms with E-state index in [0.717, 1.165) is 43.3 Å². The highest BCUT2D eigenvalue weighted by Gasteiger charge is 2.24. The first-order valence-electron chi connectivity index (χ1n) is 9.38. The zero-order valence-corrected chi connectivity index (χ0v) is 15.1. The summed E-state index contributed by atoms with van der Waals surface area (Å²) in [5.74, 6) is 1.43. The third-order valence-electron chi connectivity index (χ3n) is 5.28. The molecular formula is C22H21N5. The molecule has 4 aromatic rings. The van der Waals surface area contributed by atoms with Crippen molar-refractivity contribution in [3.63, 3.8) is 0 Å². The van der Waals surface area contributed by atoms with Crippen LogP contribution in [0.2, 0.25) is 0 Å². The minimum absolute atomic E-state index is 0.604. The Labute approximate surface area is 158 Å². The fourth-order valence-corrected chi connectivity index (χ4v) is 3.87. The predicted octanol–water partition coefficient (Wildman–Crippen LogP) is 4.02. The molecule has 134 valence electrons. The fraction of sp³-hybridized carbons (Fsp3) is 0.227. The van der Waals surface area contributed by atoms with Gasteiger partial charge in [0.15, 0.2) is 0 Å². The Hall–Kier alpha value is -3.21. The normalized spacial score (nSPS) is 16.9. The Morgan fingerprint density at radius 2 is 1.93 bits per heavy atom. The van der Waals surface area contributed by atoms with Gasteiger partial charge in [-0.05, 0) is 35.2 Å². The molecule has 1 aliphatic rings. The molecule has 1 fully saturated rings. The van der Waals surface area contributed by atoms with Gasteiger partial charge in [-0.3, -0.25) is 0 Å². The lowest BCUT2D eigenvalue weighted by Crippen LogP contribution is -2.23. The molecule has 1 atom stereocenters. The van der Waals surface area contributed by atoms with E-state index in [9.17, 15) is 0 Å². The summed E-state index contributed by atoms with van der Waals surface area (Å²) < 4.78 is 2.15. The Morgan fingerprint density at radius 1 is 1.00 bits per heavy atom. The van der Waals surface area contributed by atoms with E-state index in [-0.39, 0.29) is 0 Å². The molecule has 2 aromatic carbocycles. The third-order valence-corrected chi connectivity index (χ3v) is 5.28. The number of fused-ring (bicyclic) bond motifs is 1.